The van der Waals surface area contributed by atoms with E-state index >= 15 is 4.39 Å². The number of fused-ring (bicyclic) bond motifs is 1. The van der Waals surface area contributed by atoms with Gasteiger partial charge >= 0.3 is 0 Å². The number of carbonyl (C=O) groups is 3. The van der Waals surface area contributed by atoms with Crippen molar-refractivity contribution in [2.75, 3.05) is 105 Å². The van der Waals surface area contributed by atoms with Gasteiger partial charge in [-0.25, -0.2) is 9.37 Å². The van der Waals surface area contributed by atoms with E-state index in [4.69, 9.17) is 9.72 Å². The maximum absolute atomic E-state index is 15.3. The molecule has 4 aromatic carbocycles. The van der Waals surface area contributed by atoms with Crippen molar-refractivity contribution in [3.8, 4) is 16.9 Å². The lowest BCUT2D eigenvalue weighted by Gasteiger charge is -2.39. The van der Waals surface area contributed by atoms with Crippen LogP contribution in [0.4, 0.5) is 44.6 Å². The second-order valence-corrected chi connectivity index (χ2v) is 20.2. The number of anilines is 7. The summed E-state index contributed by atoms with van der Waals surface area (Å²) < 4.78 is 23.8. The minimum Gasteiger partial charge on any atom is -0.494 e. The van der Waals surface area contributed by atoms with E-state index in [-0.39, 0.29) is 24.8 Å². The second kappa shape index (κ2) is 19.9. The zero-order chi connectivity index (χ0) is 46.8. The van der Waals surface area contributed by atoms with Gasteiger partial charge in [-0.2, -0.15) is 10.1 Å². The quantitative estimate of drug-likeness (QED) is 0.0735. The molecule has 3 saturated heterocycles. The normalized spacial score (nSPS) is 16.9. The number of piperidine rings is 1. The standard InChI is InChI=1S/C48H53BrFN12O4P/c1-58-28-31(26-52-58)34-24-39(55-48-51-27-35(49)46(57-48)54-37-11-9-30-7-5-6-8-33(30)45(37)67(3)4)42(66-2)25-41(34)61-19-21-62(22-20-61)44(64)29-59-15-17-60(18-16-59)40-13-10-32(23-36(40)50)53-38-12-14-43(63)56-47(38)65/h5-11,13,23-28,38,53H,12,14-22,29H2,1-4H3,(H,56,63,65)(H2,51,54,55,57). The van der Waals surface area contributed by atoms with Gasteiger partial charge in [-0.1, -0.05) is 38.3 Å². The minimum absolute atomic E-state index is 0.0677. The maximum atomic E-state index is 15.3. The Morgan fingerprint density at radius 1 is 0.910 bits per heavy atom. The van der Waals surface area contributed by atoms with Crippen molar-refractivity contribution < 1.29 is 23.5 Å². The summed E-state index contributed by atoms with van der Waals surface area (Å²) in [7, 11) is 3.09. The van der Waals surface area contributed by atoms with Crippen molar-refractivity contribution >= 4 is 97.9 Å². The molecule has 0 aliphatic carbocycles. The monoisotopic (exact) mass is 990 g/mol. The number of methoxy groups -OCH3 is 1. The van der Waals surface area contributed by atoms with E-state index in [9.17, 15) is 14.4 Å². The molecule has 3 amide bonds. The molecule has 4 N–H and O–H groups in total. The van der Waals surface area contributed by atoms with Gasteiger partial charge in [0, 0.05) is 118 Å². The lowest BCUT2D eigenvalue weighted by molar-refractivity contribution is -0.134. The van der Waals surface area contributed by atoms with E-state index in [1.807, 2.05) is 41.4 Å². The third-order valence-electron chi connectivity index (χ3n) is 12.5. The van der Waals surface area contributed by atoms with Gasteiger partial charge in [-0.15, -0.1) is 0 Å². The smallest absolute Gasteiger partial charge is 0.249 e. The molecule has 0 saturated carbocycles. The molecule has 3 fully saturated rings. The fraction of sp³-hybridized carbons (Fsp3) is 0.333. The number of hydrogen-bond acceptors (Lipinski definition) is 13. The number of rotatable bonds is 13. The van der Waals surface area contributed by atoms with Crippen LogP contribution in [-0.2, 0) is 21.4 Å². The first kappa shape index (κ1) is 45.8. The molecule has 9 rings (SSSR count). The molecule has 3 aliphatic rings. The average Bonchev–Trinajstić information content (AvgIpc) is 3.77. The van der Waals surface area contributed by atoms with Crippen LogP contribution in [-0.4, -0.2) is 133 Å². The molecule has 1 unspecified atom stereocenters. The number of piperazine rings is 2. The van der Waals surface area contributed by atoms with Crippen molar-refractivity contribution in [2.24, 2.45) is 7.05 Å². The molecular weight excluding hydrogens is 938 g/mol. The van der Waals surface area contributed by atoms with Crippen LogP contribution in [0.15, 0.2) is 89.8 Å². The number of nitrogens with one attached hydrogen (secondary N) is 4. The van der Waals surface area contributed by atoms with Gasteiger partial charge < -0.3 is 35.4 Å². The molecular formula is C48H53BrFN12O4P. The summed E-state index contributed by atoms with van der Waals surface area (Å²) in [4.78, 5) is 55.2. The van der Waals surface area contributed by atoms with Gasteiger partial charge in [0.25, 0.3) is 0 Å². The zero-order valence-corrected chi connectivity index (χ0v) is 40.3. The molecule has 3 aliphatic heterocycles. The van der Waals surface area contributed by atoms with Gasteiger partial charge in [0.1, 0.15) is 23.4 Å². The van der Waals surface area contributed by atoms with Crippen LogP contribution in [0.25, 0.3) is 21.9 Å². The summed E-state index contributed by atoms with van der Waals surface area (Å²) in [5.74, 6) is 0.602. The predicted molar refractivity (Wildman–Crippen MR) is 267 cm³/mol. The van der Waals surface area contributed by atoms with Crippen LogP contribution in [0.1, 0.15) is 12.8 Å². The van der Waals surface area contributed by atoms with Crippen LogP contribution < -0.4 is 41.1 Å². The number of aryl methyl sites for hydroxylation is 1. The number of imide groups is 1. The van der Waals surface area contributed by atoms with Gasteiger partial charge in [-0.3, -0.25) is 29.3 Å². The van der Waals surface area contributed by atoms with Gasteiger partial charge in [0.2, 0.25) is 23.7 Å². The van der Waals surface area contributed by atoms with Crippen molar-refractivity contribution in [1.29, 1.82) is 0 Å². The Morgan fingerprint density at radius 3 is 2.39 bits per heavy atom. The van der Waals surface area contributed by atoms with E-state index < -0.39 is 25.7 Å². The SMILES string of the molecule is COc1cc(N2CCN(C(=O)CN3CCN(c4ccc(NC5CCC(=O)NC5=O)cc4F)CC3)CC2)c(-c2cnn(C)c2)cc1Nc1ncc(Br)c(Nc2ccc3ccccc3c2P(C)C)n1. The highest BCUT2D eigenvalue weighted by atomic mass is 79.9. The molecule has 0 bridgehead atoms. The number of amides is 3. The Kier molecular flexibility index (Phi) is 13.6. The summed E-state index contributed by atoms with van der Waals surface area (Å²) in [6.07, 6.45) is 6.15. The minimum atomic E-state index is -0.589. The van der Waals surface area contributed by atoms with Crippen LogP contribution in [0.5, 0.6) is 5.75 Å². The average molecular weight is 992 g/mol. The highest BCUT2D eigenvalue weighted by Crippen LogP contribution is 2.41. The highest BCUT2D eigenvalue weighted by molar-refractivity contribution is 9.10. The van der Waals surface area contributed by atoms with E-state index in [0.29, 0.717) is 93.4 Å². The topological polar surface area (TPSA) is 165 Å². The third-order valence-corrected chi connectivity index (χ3v) is 14.5. The molecule has 16 nitrogen and oxygen atoms in total. The Bertz CT molecular complexity index is 2830. The third kappa shape index (κ3) is 10.2. The summed E-state index contributed by atoms with van der Waals surface area (Å²) in [5, 5.41) is 20.6. The summed E-state index contributed by atoms with van der Waals surface area (Å²) in [5.41, 5.74) is 5.48. The molecule has 1 atom stereocenters. The Hall–Kier alpha value is -6.36. The van der Waals surface area contributed by atoms with Gasteiger partial charge in [0.05, 0.1) is 35.7 Å². The molecule has 6 aromatic rings. The Morgan fingerprint density at radius 2 is 1.67 bits per heavy atom. The number of carbonyl (C=O) groups excluding carboxylic acids is 3. The van der Waals surface area contributed by atoms with Crippen molar-refractivity contribution in [3.05, 3.63) is 95.6 Å². The number of hydrogen-bond donors (Lipinski definition) is 4. The fourth-order valence-electron chi connectivity index (χ4n) is 9.01. The Labute approximate surface area is 398 Å². The maximum Gasteiger partial charge on any atom is 0.249 e. The molecule has 67 heavy (non-hydrogen) atoms. The van der Waals surface area contributed by atoms with Crippen LogP contribution in [0.2, 0.25) is 0 Å². The molecule has 0 radical (unpaired) electrons. The lowest BCUT2D eigenvalue weighted by Crippen LogP contribution is -2.54. The predicted octanol–water partition coefficient (Wildman–Crippen LogP) is 6.48. The first-order valence-electron chi connectivity index (χ1n) is 22.3. The number of aromatic nitrogens is 4. The van der Waals surface area contributed by atoms with Gasteiger partial charge in [-0.05, 0) is 76.8 Å². The first-order chi connectivity index (χ1) is 32.4. The number of nitrogens with zero attached hydrogens (tertiary/aromatic N) is 8. The Balaban J connectivity index is 0.842. The summed E-state index contributed by atoms with van der Waals surface area (Å²) in [6, 6.07) is 21.0. The van der Waals surface area contributed by atoms with E-state index in [1.54, 1.807) is 30.1 Å². The molecule has 19 heteroatoms. The van der Waals surface area contributed by atoms with Crippen LogP contribution >= 0.6 is 23.9 Å². The first-order valence-corrected chi connectivity index (χ1v) is 25.3. The van der Waals surface area contributed by atoms with Crippen molar-refractivity contribution in [2.45, 2.75) is 18.9 Å². The molecule has 2 aromatic heterocycles. The van der Waals surface area contributed by atoms with Crippen molar-refractivity contribution in [1.82, 2.24) is 34.9 Å². The second-order valence-electron chi connectivity index (χ2n) is 17.1. The number of benzene rings is 4. The largest absolute Gasteiger partial charge is 0.494 e. The van der Waals surface area contributed by atoms with E-state index in [0.717, 1.165) is 27.0 Å². The van der Waals surface area contributed by atoms with Crippen LogP contribution in [0, 0.1) is 5.82 Å². The van der Waals surface area contributed by atoms with E-state index in [1.165, 1.54) is 22.1 Å². The van der Waals surface area contributed by atoms with Crippen molar-refractivity contribution in [3.63, 3.8) is 0 Å². The summed E-state index contributed by atoms with van der Waals surface area (Å²) >= 11 is 3.67. The van der Waals surface area contributed by atoms with Crippen LogP contribution in [0.3, 0.4) is 0 Å². The number of halogens is 2. The zero-order valence-electron chi connectivity index (χ0n) is 37.9. The lowest BCUT2D eigenvalue weighted by atomic mass is 10.0. The molecule has 5 heterocycles. The number of ether oxygens (including phenoxy) is 1. The fourth-order valence-corrected chi connectivity index (χ4v) is 10.6. The molecule has 348 valence electrons. The summed E-state index contributed by atoms with van der Waals surface area (Å²) in [6.45, 7) is 9.52. The highest BCUT2D eigenvalue weighted by Gasteiger charge is 2.29. The van der Waals surface area contributed by atoms with E-state index in [2.05, 4.69) is 107 Å². The van der Waals surface area contributed by atoms with Gasteiger partial charge in [0.15, 0.2) is 0 Å². The molecule has 0 spiro atoms.